The van der Waals surface area contributed by atoms with Crippen LogP contribution in [0.5, 0.6) is 0 Å². The second-order valence-electron chi connectivity index (χ2n) is 10.1. The largest absolute Gasteiger partial charge is 0.449 e. The molecule has 5 rings (SSSR count). The topological polar surface area (TPSA) is 46.3 Å². The van der Waals surface area contributed by atoms with Gasteiger partial charge in [-0.2, -0.15) is 0 Å². The smallest absolute Gasteiger partial charge is 0.191 e. The summed E-state index contributed by atoms with van der Waals surface area (Å²) in [5.74, 6) is 3.81. The van der Waals surface area contributed by atoms with Gasteiger partial charge >= 0.3 is 0 Å². The van der Waals surface area contributed by atoms with Crippen molar-refractivity contribution in [3.63, 3.8) is 0 Å². The Bertz CT molecular complexity index is 736. The number of allylic oxidation sites excluding steroid dienone is 1. The van der Waals surface area contributed by atoms with Crippen LogP contribution in [0, 0.1) is 35.5 Å². The molecule has 0 spiro atoms. The van der Waals surface area contributed by atoms with Gasteiger partial charge in [-0.1, -0.05) is 25.5 Å². The lowest BCUT2D eigenvalue weighted by atomic mass is 9.47. The van der Waals surface area contributed by atoms with Gasteiger partial charge in [-0.05, 0) is 80.0 Å². The maximum atomic E-state index is 10.2. The number of rotatable bonds is 1. The van der Waals surface area contributed by atoms with Crippen molar-refractivity contribution >= 4 is 0 Å². The first-order valence-corrected chi connectivity index (χ1v) is 10.7. The number of hydrogen-bond donors (Lipinski definition) is 1. The van der Waals surface area contributed by atoms with Crippen LogP contribution >= 0.6 is 0 Å². The third-order valence-corrected chi connectivity index (χ3v) is 9.07. The van der Waals surface area contributed by atoms with E-state index >= 15 is 0 Å². The minimum Gasteiger partial charge on any atom is -0.449 e. The van der Waals surface area contributed by atoms with Crippen LogP contribution in [0.1, 0.15) is 82.7 Å². The Kier molecular flexibility index (Phi) is 3.74. The van der Waals surface area contributed by atoms with Gasteiger partial charge < -0.3 is 9.52 Å². The first kappa shape index (κ1) is 17.0. The van der Waals surface area contributed by atoms with E-state index in [1.54, 1.807) is 5.57 Å². The van der Waals surface area contributed by atoms with E-state index in [-0.39, 0.29) is 6.10 Å². The molecule has 1 unspecified atom stereocenters. The van der Waals surface area contributed by atoms with Gasteiger partial charge in [0, 0.05) is 12.8 Å². The van der Waals surface area contributed by atoms with Crippen molar-refractivity contribution in [2.45, 2.75) is 84.2 Å². The van der Waals surface area contributed by atoms with E-state index in [0.717, 1.165) is 36.5 Å². The third-order valence-electron chi connectivity index (χ3n) is 9.07. The van der Waals surface area contributed by atoms with Crippen LogP contribution in [0.15, 0.2) is 22.3 Å². The maximum Gasteiger partial charge on any atom is 0.191 e. The first-order chi connectivity index (χ1) is 12.4. The highest BCUT2D eigenvalue weighted by molar-refractivity contribution is 5.26. The summed E-state index contributed by atoms with van der Waals surface area (Å²) in [7, 11) is 0. The molecule has 142 valence electrons. The van der Waals surface area contributed by atoms with Crippen LogP contribution in [0.25, 0.3) is 0 Å². The zero-order valence-corrected chi connectivity index (χ0v) is 16.5. The van der Waals surface area contributed by atoms with Crippen molar-refractivity contribution in [2.75, 3.05) is 0 Å². The highest BCUT2D eigenvalue weighted by Gasteiger charge is 2.59. The van der Waals surface area contributed by atoms with Gasteiger partial charge in [0.1, 0.15) is 6.26 Å². The van der Waals surface area contributed by atoms with Crippen molar-refractivity contribution in [1.29, 1.82) is 0 Å². The van der Waals surface area contributed by atoms with E-state index < -0.39 is 0 Å². The predicted molar refractivity (Wildman–Crippen MR) is 102 cm³/mol. The van der Waals surface area contributed by atoms with E-state index in [2.05, 4.69) is 19.9 Å². The Morgan fingerprint density at radius 2 is 1.96 bits per heavy atom. The first-order valence-electron chi connectivity index (χ1n) is 10.7. The van der Waals surface area contributed by atoms with Gasteiger partial charge in [0.15, 0.2) is 5.89 Å². The summed E-state index contributed by atoms with van der Waals surface area (Å²) in [6, 6.07) is 0. The SMILES string of the molecule is Cc1nc(C2CC[C@H]3[C@@H]4CC=C5C[C@@H](O)CC[C@]5(C)[C@H]4CC[C@]23C)co1. The third kappa shape index (κ3) is 2.25. The fourth-order valence-electron chi connectivity index (χ4n) is 7.67. The summed E-state index contributed by atoms with van der Waals surface area (Å²) in [6.07, 6.45) is 13.9. The Morgan fingerprint density at radius 1 is 1.12 bits per heavy atom. The monoisotopic (exact) mass is 355 g/mol. The quantitative estimate of drug-likeness (QED) is 0.687. The molecule has 0 saturated heterocycles. The number of hydrogen-bond acceptors (Lipinski definition) is 3. The summed E-state index contributed by atoms with van der Waals surface area (Å²) in [5, 5.41) is 10.2. The van der Waals surface area contributed by atoms with Crippen molar-refractivity contribution in [2.24, 2.45) is 28.6 Å². The second-order valence-corrected chi connectivity index (χ2v) is 10.1. The molecule has 3 saturated carbocycles. The lowest BCUT2D eigenvalue weighted by Crippen LogP contribution is -2.50. The average molecular weight is 356 g/mol. The Labute approximate surface area is 157 Å². The van der Waals surface area contributed by atoms with Crippen molar-refractivity contribution in [3.8, 4) is 0 Å². The molecule has 0 aliphatic heterocycles. The molecule has 26 heavy (non-hydrogen) atoms. The molecule has 1 N–H and O–H groups in total. The molecular formula is C23H33NO2. The molecule has 0 radical (unpaired) electrons. The van der Waals surface area contributed by atoms with Crippen LogP contribution < -0.4 is 0 Å². The molecule has 0 bridgehead atoms. The molecule has 1 aromatic rings. The zero-order valence-electron chi connectivity index (χ0n) is 16.5. The van der Waals surface area contributed by atoms with E-state index in [0.29, 0.717) is 16.7 Å². The number of aryl methyl sites for hydroxylation is 1. The number of oxazole rings is 1. The van der Waals surface area contributed by atoms with Crippen molar-refractivity contribution in [3.05, 3.63) is 29.5 Å². The Hall–Kier alpha value is -1.09. The Balaban J connectivity index is 1.46. The highest BCUT2D eigenvalue weighted by atomic mass is 16.3. The fourth-order valence-corrected chi connectivity index (χ4v) is 7.67. The number of fused-ring (bicyclic) bond motifs is 5. The standard InChI is InChI=1S/C23H33NO2/c1-14-24-21(13-26-14)20-7-6-18-17-5-4-15-12-16(25)8-10-22(15,2)19(17)9-11-23(18,20)3/h4,13,16-20,25H,5-12H2,1-3H3/t16-,17-,18-,19-,20?,22-,23-/m0/s1. The minimum atomic E-state index is -0.106. The molecule has 3 nitrogen and oxygen atoms in total. The summed E-state index contributed by atoms with van der Waals surface area (Å²) in [5.41, 5.74) is 3.49. The second kappa shape index (κ2) is 5.70. The molecule has 4 aliphatic carbocycles. The van der Waals surface area contributed by atoms with Gasteiger partial charge in [0.2, 0.25) is 0 Å². The number of aliphatic hydroxyl groups is 1. The van der Waals surface area contributed by atoms with Gasteiger partial charge in [-0.3, -0.25) is 0 Å². The summed E-state index contributed by atoms with van der Waals surface area (Å²) >= 11 is 0. The molecule has 0 amide bonds. The molecule has 3 heteroatoms. The molecule has 0 aromatic carbocycles. The lowest BCUT2D eigenvalue weighted by molar-refractivity contribution is -0.0412. The number of aromatic nitrogens is 1. The fraction of sp³-hybridized carbons (Fsp3) is 0.783. The summed E-state index contributed by atoms with van der Waals surface area (Å²) in [4.78, 5) is 4.71. The van der Waals surface area contributed by atoms with Crippen LogP contribution in [-0.4, -0.2) is 16.2 Å². The zero-order chi connectivity index (χ0) is 18.1. The lowest BCUT2D eigenvalue weighted by Gasteiger charge is -2.58. The molecule has 7 atom stereocenters. The number of aliphatic hydroxyl groups excluding tert-OH is 1. The van der Waals surface area contributed by atoms with E-state index in [1.807, 2.05) is 13.2 Å². The normalized spacial score (nSPS) is 47.7. The van der Waals surface area contributed by atoms with Crippen molar-refractivity contribution < 1.29 is 9.52 Å². The molecule has 4 aliphatic rings. The summed E-state index contributed by atoms with van der Waals surface area (Å²) in [6.45, 7) is 7.01. The molecular weight excluding hydrogens is 322 g/mol. The molecule has 1 aromatic heterocycles. The van der Waals surface area contributed by atoms with Gasteiger partial charge in [0.25, 0.3) is 0 Å². The van der Waals surface area contributed by atoms with Gasteiger partial charge in [-0.25, -0.2) is 4.98 Å². The molecule has 1 heterocycles. The van der Waals surface area contributed by atoms with Crippen LogP contribution in [0.4, 0.5) is 0 Å². The molecule has 3 fully saturated rings. The van der Waals surface area contributed by atoms with E-state index in [9.17, 15) is 5.11 Å². The van der Waals surface area contributed by atoms with Crippen LogP contribution in [-0.2, 0) is 0 Å². The minimum absolute atomic E-state index is 0.106. The number of nitrogens with zero attached hydrogens (tertiary/aromatic N) is 1. The maximum absolute atomic E-state index is 10.2. The van der Waals surface area contributed by atoms with Gasteiger partial charge in [-0.15, -0.1) is 0 Å². The van der Waals surface area contributed by atoms with Crippen LogP contribution in [0.2, 0.25) is 0 Å². The van der Waals surface area contributed by atoms with Crippen molar-refractivity contribution in [1.82, 2.24) is 4.98 Å². The summed E-state index contributed by atoms with van der Waals surface area (Å²) < 4.78 is 5.56. The average Bonchev–Trinajstić information content (AvgIpc) is 3.18. The Morgan fingerprint density at radius 3 is 2.73 bits per heavy atom. The predicted octanol–water partition coefficient (Wildman–Crippen LogP) is 5.39. The highest BCUT2D eigenvalue weighted by Crippen LogP contribution is 2.67. The van der Waals surface area contributed by atoms with Crippen LogP contribution in [0.3, 0.4) is 0 Å². The van der Waals surface area contributed by atoms with E-state index in [1.165, 1.54) is 44.2 Å². The van der Waals surface area contributed by atoms with Gasteiger partial charge in [0.05, 0.1) is 11.8 Å². The van der Waals surface area contributed by atoms with E-state index in [4.69, 9.17) is 9.40 Å².